The van der Waals surface area contributed by atoms with Crippen LogP contribution in [-0.4, -0.2) is 52.2 Å². The van der Waals surface area contributed by atoms with Gasteiger partial charge in [0.1, 0.15) is 0 Å². The summed E-state index contributed by atoms with van der Waals surface area (Å²) in [5.41, 5.74) is -0.0882. The number of hydrogen-bond donors (Lipinski definition) is 2. The van der Waals surface area contributed by atoms with Crippen molar-refractivity contribution in [1.29, 1.82) is 0 Å². The van der Waals surface area contributed by atoms with Gasteiger partial charge in [0.15, 0.2) is 0 Å². The van der Waals surface area contributed by atoms with Crippen LogP contribution in [0, 0.1) is 5.92 Å². The molecule has 22 heavy (non-hydrogen) atoms. The van der Waals surface area contributed by atoms with E-state index in [4.69, 9.17) is 0 Å². The molecule has 2 heterocycles. The van der Waals surface area contributed by atoms with Crippen molar-refractivity contribution in [2.45, 2.75) is 32.4 Å². The first-order valence-corrected chi connectivity index (χ1v) is 7.66. The summed E-state index contributed by atoms with van der Waals surface area (Å²) in [7, 11) is 0. The molecule has 9 heteroatoms. The first-order valence-electron chi connectivity index (χ1n) is 6.67. The molecule has 0 aromatic rings. The van der Waals surface area contributed by atoms with Crippen molar-refractivity contribution in [2.75, 3.05) is 12.3 Å². The number of aliphatic hydroxyl groups excluding tert-OH is 1. The number of amides is 2. The Morgan fingerprint density at radius 2 is 2.18 bits per heavy atom. The van der Waals surface area contributed by atoms with Crippen LogP contribution in [0.3, 0.4) is 0 Å². The van der Waals surface area contributed by atoms with Crippen LogP contribution < -0.4 is 40.0 Å². The third-order valence-corrected chi connectivity index (χ3v) is 4.75. The van der Waals surface area contributed by atoms with Gasteiger partial charge in [-0.05, 0) is 6.92 Å². The molecule has 2 rings (SSSR count). The molecule has 2 aliphatic heterocycles. The second-order valence-corrected chi connectivity index (χ2v) is 6.33. The van der Waals surface area contributed by atoms with Crippen LogP contribution in [-0.2, 0) is 14.4 Å². The summed E-state index contributed by atoms with van der Waals surface area (Å²) in [6, 6.07) is -0.298. The number of rotatable bonds is 6. The van der Waals surface area contributed by atoms with Crippen molar-refractivity contribution >= 4 is 29.5 Å². The molecule has 3 atom stereocenters. The topological polar surface area (TPSA) is 110 Å². The second kappa shape index (κ2) is 7.83. The van der Waals surface area contributed by atoms with Gasteiger partial charge in [-0.15, -0.1) is 11.8 Å². The summed E-state index contributed by atoms with van der Waals surface area (Å²) < 4.78 is 0. The molecule has 0 radical (unpaired) electrons. The van der Waals surface area contributed by atoms with Crippen LogP contribution in [0.1, 0.15) is 20.3 Å². The van der Waals surface area contributed by atoms with Crippen LogP contribution in [0.4, 0.5) is 0 Å². The van der Waals surface area contributed by atoms with Gasteiger partial charge < -0.3 is 25.2 Å². The summed E-state index contributed by atoms with van der Waals surface area (Å²) in [5, 5.41) is 23.5. The number of carbonyl (C=O) groups is 3. The second-order valence-electron chi connectivity index (χ2n) is 5.14. The first kappa shape index (κ1) is 19.5. The molecule has 2 aliphatic rings. The van der Waals surface area contributed by atoms with Gasteiger partial charge in [0.2, 0.25) is 11.8 Å². The molecule has 1 saturated heterocycles. The molecular formula is C13H17N2NaO5S. The standard InChI is InChI=1S/C13H18N2O5S.Na/c1-6(16)10-8-5-9(21-4-3-14-7(2)17)11(13(19)20)15(8)12(10)18;/h6,8,10,16H,3-5H2,1-2H3,(H,14,17)(H,19,20);/q;+1/p-1/t6-,8-,10-;/m1./s1. The molecule has 0 aromatic heterocycles. The Labute approximate surface area is 154 Å². The molecule has 7 nitrogen and oxygen atoms in total. The van der Waals surface area contributed by atoms with Crippen molar-refractivity contribution in [2.24, 2.45) is 5.92 Å². The normalized spacial score (nSPS) is 24.3. The summed E-state index contributed by atoms with van der Waals surface area (Å²) in [6.45, 7) is 3.35. The van der Waals surface area contributed by atoms with Gasteiger partial charge in [-0.1, -0.05) is 0 Å². The maximum Gasteiger partial charge on any atom is 1.00 e. The summed E-state index contributed by atoms with van der Waals surface area (Å²) in [6.07, 6.45) is -0.388. The Hall–Kier alpha value is -0.540. The molecule has 0 unspecified atom stereocenters. The third kappa shape index (κ3) is 3.68. The number of carboxylic acids is 1. The molecule has 116 valence electrons. The molecule has 0 bridgehead atoms. The quantitative estimate of drug-likeness (QED) is 0.287. The van der Waals surface area contributed by atoms with Gasteiger partial charge in [0.25, 0.3) is 0 Å². The van der Waals surface area contributed by atoms with E-state index in [1.54, 1.807) is 0 Å². The average molecular weight is 336 g/mol. The van der Waals surface area contributed by atoms with E-state index < -0.39 is 18.0 Å². The van der Waals surface area contributed by atoms with E-state index in [2.05, 4.69) is 5.32 Å². The van der Waals surface area contributed by atoms with Crippen molar-refractivity contribution in [3.63, 3.8) is 0 Å². The van der Waals surface area contributed by atoms with E-state index in [0.29, 0.717) is 23.6 Å². The van der Waals surface area contributed by atoms with E-state index >= 15 is 0 Å². The van der Waals surface area contributed by atoms with Crippen molar-refractivity contribution in [3.05, 3.63) is 10.6 Å². The maximum atomic E-state index is 11.9. The van der Waals surface area contributed by atoms with E-state index in [1.807, 2.05) is 0 Å². The van der Waals surface area contributed by atoms with Gasteiger partial charge in [0, 0.05) is 30.5 Å². The van der Waals surface area contributed by atoms with Gasteiger partial charge >= 0.3 is 29.6 Å². The fourth-order valence-corrected chi connectivity index (χ4v) is 3.81. The minimum Gasteiger partial charge on any atom is -0.543 e. The zero-order chi connectivity index (χ0) is 15.7. The number of nitrogens with zero attached hydrogens (tertiary/aromatic N) is 1. The van der Waals surface area contributed by atoms with E-state index in [-0.39, 0.29) is 53.1 Å². The van der Waals surface area contributed by atoms with E-state index in [0.717, 1.165) is 0 Å². The maximum absolute atomic E-state index is 11.9. The minimum absolute atomic E-state index is 0. The molecule has 0 aliphatic carbocycles. The molecule has 0 saturated carbocycles. The molecule has 0 aromatic carbocycles. The Bertz CT molecular complexity index is 523. The number of carbonyl (C=O) groups excluding carboxylic acids is 3. The van der Waals surface area contributed by atoms with Crippen LogP contribution >= 0.6 is 11.8 Å². The number of carboxylic acid groups (broad SMARTS) is 1. The van der Waals surface area contributed by atoms with Crippen molar-refractivity contribution < 1.29 is 54.2 Å². The molecule has 0 spiro atoms. The number of thioether (sulfide) groups is 1. The number of aliphatic hydroxyl groups is 1. The van der Waals surface area contributed by atoms with Crippen molar-refractivity contribution in [3.8, 4) is 0 Å². The largest absolute Gasteiger partial charge is 1.00 e. The van der Waals surface area contributed by atoms with Crippen molar-refractivity contribution in [1.82, 2.24) is 10.2 Å². The fraction of sp³-hybridized carbons (Fsp3) is 0.615. The zero-order valence-electron chi connectivity index (χ0n) is 12.8. The fourth-order valence-electron chi connectivity index (χ4n) is 2.75. The first-order chi connectivity index (χ1) is 9.84. The minimum atomic E-state index is -1.38. The molecule has 2 N–H and O–H groups in total. The SMILES string of the molecule is CC(=O)NCCSC1=C(C(=O)[O-])N2C(=O)[C@H]([C@@H](C)O)[C@H]2C1.[Na+]. The number of nitrogens with one attached hydrogen (secondary N) is 1. The van der Waals surface area contributed by atoms with E-state index in [9.17, 15) is 24.6 Å². The average Bonchev–Trinajstić information content (AvgIpc) is 2.68. The van der Waals surface area contributed by atoms with Crippen LogP contribution in [0.15, 0.2) is 10.6 Å². The predicted octanol–water partition coefficient (Wildman–Crippen LogP) is -4.57. The van der Waals surface area contributed by atoms with Crippen LogP contribution in [0.2, 0.25) is 0 Å². The van der Waals surface area contributed by atoms with Gasteiger partial charge in [-0.3, -0.25) is 9.59 Å². The van der Waals surface area contributed by atoms with Gasteiger partial charge in [0.05, 0.1) is 29.7 Å². The van der Waals surface area contributed by atoms with Crippen LogP contribution in [0.25, 0.3) is 0 Å². The summed E-state index contributed by atoms with van der Waals surface area (Å²) in [5.74, 6) is -1.93. The number of aliphatic carboxylic acids is 1. The van der Waals surface area contributed by atoms with Gasteiger partial charge in [-0.2, -0.15) is 0 Å². The van der Waals surface area contributed by atoms with Gasteiger partial charge in [-0.25, -0.2) is 0 Å². The third-order valence-electron chi connectivity index (χ3n) is 3.63. The molecular weight excluding hydrogens is 319 g/mol. The summed E-state index contributed by atoms with van der Waals surface area (Å²) in [4.78, 5) is 35.8. The number of β-lactam (4-membered cyclic amide) rings is 1. The Kier molecular flexibility index (Phi) is 6.94. The molecule has 2 amide bonds. The zero-order valence-corrected chi connectivity index (χ0v) is 15.6. The smallest absolute Gasteiger partial charge is 0.543 e. The Balaban J connectivity index is 0.00000242. The Morgan fingerprint density at radius 1 is 1.55 bits per heavy atom. The number of hydrogen-bond acceptors (Lipinski definition) is 6. The van der Waals surface area contributed by atoms with Crippen LogP contribution in [0.5, 0.6) is 0 Å². The predicted molar refractivity (Wildman–Crippen MR) is 73.6 cm³/mol. The molecule has 1 fully saturated rings. The summed E-state index contributed by atoms with van der Waals surface area (Å²) >= 11 is 1.29. The monoisotopic (exact) mass is 336 g/mol. The number of fused-ring (bicyclic) bond motifs is 1. The Morgan fingerprint density at radius 3 is 2.68 bits per heavy atom. The van der Waals surface area contributed by atoms with E-state index in [1.165, 1.54) is 30.5 Å².